The van der Waals surface area contributed by atoms with E-state index in [4.69, 9.17) is 0 Å². The van der Waals surface area contributed by atoms with Crippen LogP contribution in [-0.2, 0) is 9.59 Å². The molecule has 102 valence electrons. The highest BCUT2D eigenvalue weighted by Gasteiger charge is 2.47. The van der Waals surface area contributed by atoms with Crippen LogP contribution in [0.2, 0.25) is 0 Å². The Labute approximate surface area is 116 Å². The lowest BCUT2D eigenvalue weighted by molar-refractivity contribution is -0.151. The van der Waals surface area contributed by atoms with Crippen molar-refractivity contribution in [3.8, 4) is 0 Å². The molecule has 0 spiro atoms. The van der Waals surface area contributed by atoms with Gasteiger partial charge >= 0.3 is 0 Å². The fourth-order valence-electron chi connectivity index (χ4n) is 2.75. The highest BCUT2D eigenvalue weighted by atomic mass is 32.1. The molecule has 3 atom stereocenters. The van der Waals surface area contributed by atoms with Crippen LogP contribution < -0.4 is 5.32 Å². The molecule has 3 unspecified atom stereocenters. The normalized spacial score (nSPS) is 29.3. The van der Waals surface area contributed by atoms with Gasteiger partial charge in [0.15, 0.2) is 0 Å². The summed E-state index contributed by atoms with van der Waals surface area (Å²) < 4.78 is 0. The molecule has 0 radical (unpaired) electrons. The second kappa shape index (κ2) is 4.63. The van der Waals surface area contributed by atoms with E-state index in [1.165, 1.54) is 0 Å². The van der Waals surface area contributed by atoms with Crippen molar-refractivity contribution < 1.29 is 9.59 Å². The number of hydrogen-bond acceptors (Lipinski definition) is 3. The SMILES string of the molecule is CC1C(=O)NC(C2CC2)C(=O)N1C(C)c1cccs1. The Hall–Kier alpha value is -1.36. The van der Waals surface area contributed by atoms with E-state index in [0.717, 1.165) is 17.7 Å². The van der Waals surface area contributed by atoms with Gasteiger partial charge in [-0.15, -0.1) is 11.3 Å². The van der Waals surface area contributed by atoms with Crippen LogP contribution in [0, 0.1) is 5.92 Å². The fraction of sp³-hybridized carbons (Fsp3) is 0.571. The van der Waals surface area contributed by atoms with Crippen LogP contribution >= 0.6 is 11.3 Å². The molecule has 0 bridgehead atoms. The van der Waals surface area contributed by atoms with Gasteiger partial charge < -0.3 is 10.2 Å². The zero-order chi connectivity index (χ0) is 13.6. The van der Waals surface area contributed by atoms with Crippen molar-refractivity contribution in [1.82, 2.24) is 10.2 Å². The van der Waals surface area contributed by atoms with Crippen LogP contribution in [0.5, 0.6) is 0 Å². The van der Waals surface area contributed by atoms with Crippen molar-refractivity contribution in [2.45, 2.75) is 44.8 Å². The predicted octanol–water partition coefficient (Wildman–Crippen LogP) is 1.93. The number of thiophene rings is 1. The van der Waals surface area contributed by atoms with Gasteiger partial charge in [-0.3, -0.25) is 9.59 Å². The molecule has 3 rings (SSSR count). The zero-order valence-electron chi connectivity index (χ0n) is 11.1. The van der Waals surface area contributed by atoms with Gasteiger partial charge in [0.2, 0.25) is 11.8 Å². The van der Waals surface area contributed by atoms with E-state index in [0.29, 0.717) is 5.92 Å². The van der Waals surface area contributed by atoms with E-state index >= 15 is 0 Å². The van der Waals surface area contributed by atoms with Gasteiger partial charge in [0.25, 0.3) is 0 Å². The fourth-order valence-corrected chi connectivity index (χ4v) is 3.54. The summed E-state index contributed by atoms with van der Waals surface area (Å²) in [5.41, 5.74) is 0. The molecule has 4 nitrogen and oxygen atoms in total. The summed E-state index contributed by atoms with van der Waals surface area (Å²) >= 11 is 1.63. The van der Waals surface area contributed by atoms with Crippen LogP contribution in [0.15, 0.2) is 17.5 Å². The van der Waals surface area contributed by atoms with Crippen molar-refractivity contribution in [3.63, 3.8) is 0 Å². The van der Waals surface area contributed by atoms with E-state index in [9.17, 15) is 9.59 Å². The Morgan fingerprint density at radius 3 is 2.74 bits per heavy atom. The smallest absolute Gasteiger partial charge is 0.246 e. The molecule has 1 saturated heterocycles. The minimum Gasteiger partial charge on any atom is -0.342 e. The first kappa shape index (κ1) is 12.7. The van der Waals surface area contributed by atoms with E-state index < -0.39 is 0 Å². The van der Waals surface area contributed by atoms with Gasteiger partial charge in [-0.1, -0.05) is 6.07 Å². The quantitative estimate of drug-likeness (QED) is 0.918. The van der Waals surface area contributed by atoms with Crippen molar-refractivity contribution >= 4 is 23.2 Å². The van der Waals surface area contributed by atoms with Gasteiger partial charge in [-0.05, 0) is 44.1 Å². The Morgan fingerprint density at radius 1 is 1.42 bits per heavy atom. The summed E-state index contributed by atoms with van der Waals surface area (Å²) in [5.74, 6) is 0.400. The molecule has 19 heavy (non-hydrogen) atoms. The molecular formula is C14H18N2O2S. The number of amides is 2. The molecule has 2 fully saturated rings. The molecule has 1 saturated carbocycles. The zero-order valence-corrected chi connectivity index (χ0v) is 11.9. The third-order valence-electron chi connectivity index (χ3n) is 4.08. The molecule has 1 aliphatic carbocycles. The predicted molar refractivity (Wildman–Crippen MR) is 73.7 cm³/mol. The van der Waals surface area contributed by atoms with Crippen LogP contribution in [0.4, 0.5) is 0 Å². The number of nitrogens with zero attached hydrogens (tertiary/aromatic N) is 1. The summed E-state index contributed by atoms with van der Waals surface area (Å²) in [7, 11) is 0. The average molecular weight is 278 g/mol. The average Bonchev–Trinajstić information content (AvgIpc) is 3.07. The van der Waals surface area contributed by atoms with Crippen molar-refractivity contribution in [2.75, 3.05) is 0 Å². The third-order valence-corrected chi connectivity index (χ3v) is 5.12. The standard InChI is InChI=1S/C14H18N2O2S/c1-8(11-4-3-7-19-11)16-9(2)13(17)15-12(14(16)18)10-5-6-10/h3-4,7-10,12H,5-6H2,1-2H3,(H,15,17). The van der Waals surface area contributed by atoms with Gasteiger partial charge in [-0.25, -0.2) is 0 Å². The molecular weight excluding hydrogens is 260 g/mol. The van der Waals surface area contributed by atoms with E-state index in [2.05, 4.69) is 5.32 Å². The molecule has 2 aliphatic rings. The number of carbonyl (C=O) groups excluding carboxylic acids is 2. The maximum absolute atomic E-state index is 12.6. The van der Waals surface area contributed by atoms with Gasteiger partial charge in [0.1, 0.15) is 12.1 Å². The topological polar surface area (TPSA) is 49.4 Å². The Morgan fingerprint density at radius 2 is 2.16 bits per heavy atom. The molecule has 1 aliphatic heterocycles. The first-order valence-corrected chi connectivity index (χ1v) is 7.63. The lowest BCUT2D eigenvalue weighted by Gasteiger charge is -2.40. The van der Waals surface area contributed by atoms with E-state index in [-0.39, 0.29) is 29.9 Å². The van der Waals surface area contributed by atoms with Gasteiger partial charge in [-0.2, -0.15) is 0 Å². The van der Waals surface area contributed by atoms with E-state index in [1.807, 2.05) is 24.4 Å². The number of rotatable bonds is 3. The summed E-state index contributed by atoms with van der Waals surface area (Å²) in [6, 6.07) is 3.28. The number of nitrogens with one attached hydrogen (secondary N) is 1. The molecule has 1 aromatic rings. The maximum Gasteiger partial charge on any atom is 0.246 e. The van der Waals surface area contributed by atoms with Gasteiger partial charge in [0, 0.05) is 4.88 Å². The number of hydrogen-bond donors (Lipinski definition) is 1. The Bertz CT molecular complexity index is 496. The third kappa shape index (κ3) is 2.16. The summed E-state index contributed by atoms with van der Waals surface area (Å²) in [6.45, 7) is 3.81. The first-order chi connectivity index (χ1) is 9.09. The second-order valence-electron chi connectivity index (χ2n) is 5.44. The van der Waals surface area contributed by atoms with Crippen molar-refractivity contribution in [3.05, 3.63) is 22.4 Å². The largest absolute Gasteiger partial charge is 0.342 e. The lowest BCUT2D eigenvalue weighted by Crippen LogP contribution is -2.63. The Kier molecular flexibility index (Phi) is 3.09. The molecule has 2 amide bonds. The summed E-state index contributed by atoms with van der Waals surface area (Å²) in [5, 5.41) is 4.88. The second-order valence-corrected chi connectivity index (χ2v) is 6.42. The Balaban J connectivity index is 1.88. The molecule has 0 aromatic carbocycles. The molecule has 1 aromatic heterocycles. The van der Waals surface area contributed by atoms with Gasteiger partial charge in [0.05, 0.1) is 6.04 Å². The van der Waals surface area contributed by atoms with Crippen molar-refractivity contribution in [1.29, 1.82) is 0 Å². The highest BCUT2D eigenvalue weighted by Crippen LogP contribution is 2.37. The minimum atomic E-state index is -0.389. The maximum atomic E-state index is 12.6. The van der Waals surface area contributed by atoms with Crippen LogP contribution in [0.3, 0.4) is 0 Å². The number of piperazine rings is 1. The molecule has 5 heteroatoms. The van der Waals surface area contributed by atoms with Crippen LogP contribution in [0.1, 0.15) is 37.6 Å². The minimum absolute atomic E-state index is 0.0279. The first-order valence-electron chi connectivity index (χ1n) is 6.75. The monoisotopic (exact) mass is 278 g/mol. The number of carbonyl (C=O) groups is 2. The molecule has 2 heterocycles. The highest BCUT2D eigenvalue weighted by molar-refractivity contribution is 7.10. The van der Waals surface area contributed by atoms with Crippen LogP contribution in [-0.4, -0.2) is 28.8 Å². The van der Waals surface area contributed by atoms with Crippen LogP contribution in [0.25, 0.3) is 0 Å². The van der Waals surface area contributed by atoms with E-state index in [1.54, 1.807) is 23.2 Å². The van der Waals surface area contributed by atoms with Crippen molar-refractivity contribution in [2.24, 2.45) is 5.92 Å². The summed E-state index contributed by atoms with van der Waals surface area (Å²) in [4.78, 5) is 27.6. The molecule has 1 N–H and O–H groups in total. The summed E-state index contributed by atoms with van der Waals surface area (Å²) in [6.07, 6.45) is 2.10. The lowest BCUT2D eigenvalue weighted by atomic mass is 10.0.